The Balaban J connectivity index is 1.73. The SMILES string of the molecule is O=C1CC(c2ccc3[nH]c(-c4ccccc4)cc3c2)CN1. The molecule has 1 aliphatic heterocycles. The molecule has 3 heteroatoms. The summed E-state index contributed by atoms with van der Waals surface area (Å²) in [5, 5.41) is 4.10. The highest BCUT2D eigenvalue weighted by molar-refractivity contribution is 5.87. The Hall–Kier alpha value is -2.55. The van der Waals surface area contributed by atoms with Crippen LogP contribution in [0.5, 0.6) is 0 Å². The van der Waals surface area contributed by atoms with Gasteiger partial charge >= 0.3 is 0 Å². The molecular weight excluding hydrogens is 260 g/mol. The Bertz CT molecular complexity index is 804. The van der Waals surface area contributed by atoms with Crippen LogP contribution in [0.1, 0.15) is 17.9 Å². The number of hydrogen-bond acceptors (Lipinski definition) is 1. The first-order chi connectivity index (χ1) is 10.3. The standard InChI is InChI=1S/C18H16N2O/c21-18-10-15(11-19-18)13-6-7-16-14(8-13)9-17(20-16)12-4-2-1-3-5-12/h1-9,15,20H,10-11H2,(H,19,21). The van der Waals surface area contributed by atoms with Crippen LogP contribution in [0.15, 0.2) is 54.6 Å². The van der Waals surface area contributed by atoms with Crippen LogP contribution in [0.2, 0.25) is 0 Å². The summed E-state index contributed by atoms with van der Waals surface area (Å²) >= 11 is 0. The van der Waals surface area contributed by atoms with Crippen molar-refractivity contribution in [3.05, 3.63) is 60.2 Å². The van der Waals surface area contributed by atoms with Gasteiger partial charge in [0.05, 0.1) is 0 Å². The second kappa shape index (κ2) is 4.77. The van der Waals surface area contributed by atoms with Crippen molar-refractivity contribution in [2.24, 2.45) is 0 Å². The number of rotatable bonds is 2. The van der Waals surface area contributed by atoms with Crippen molar-refractivity contribution in [3.63, 3.8) is 0 Å². The molecule has 2 aromatic carbocycles. The monoisotopic (exact) mass is 276 g/mol. The van der Waals surface area contributed by atoms with Crippen LogP contribution >= 0.6 is 0 Å². The van der Waals surface area contributed by atoms with Gasteiger partial charge in [-0.2, -0.15) is 0 Å². The zero-order chi connectivity index (χ0) is 14.2. The van der Waals surface area contributed by atoms with Crippen molar-refractivity contribution in [1.82, 2.24) is 10.3 Å². The molecule has 2 N–H and O–H groups in total. The minimum absolute atomic E-state index is 0.152. The lowest BCUT2D eigenvalue weighted by Gasteiger charge is -2.07. The number of hydrogen-bond donors (Lipinski definition) is 2. The van der Waals surface area contributed by atoms with E-state index in [-0.39, 0.29) is 5.91 Å². The highest BCUT2D eigenvalue weighted by Crippen LogP contribution is 2.29. The molecule has 1 fully saturated rings. The smallest absolute Gasteiger partial charge is 0.220 e. The van der Waals surface area contributed by atoms with E-state index in [1.165, 1.54) is 16.5 Å². The molecule has 21 heavy (non-hydrogen) atoms. The molecule has 1 unspecified atom stereocenters. The predicted octanol–water partition coefficient (Wildman–Crippen LogP) is 3.44. The Kier molecular flexibility index (Phi) is 2.78. The third kappa shape index (κ3) is 2.21. The van der Waals surface area contributed by atoms with Crippen LogP contribution in [-0.4, -0.2) is 17.4 Å². The van der Waals surface area contributed by atoms with Gasteiger partial charge in [0.1, 0.15) is 0 Å². The first-order valence-electron chi connectivity index (χ1n) is 7.24. The number of nitrogens with one attached hydrogen (secondary N) is 2. The van der Waals surface area contributed by atoms with E-state index in [4.69, 9.17) is 0 Å². The second-order valence-electron chi connectivity index (χ2n) is 5.60. The van der Waals surface area contributed by atoms with Gasteiger partial charge in [-0.3, -0.25) is 4.79 Å². The number of aromatic nitrogens is 1. The molecular formula is C18H16N2O. The van der Waals surface area contributed by atoms with Gasteiger partial charge in [-0.1, -0.05) is 36.4 Å². The van der Waals surface area contributed by atoms with Crippen molar-refractivity contribution in [2.45, 2.75) is 12.3 Å². The Morgan fingerprint density at radius 3 is 2.62 bits per heavy atom. The topological polar surface area (TPSA) is 44.9 Å². The van der Waals surface area contributed by atoms with E-state index in [0.29, 0.717) is 12.3 Å². The largest absolute Gasteiger partial charge is 0.355 e. The van der Waals surface area contributed by atoms with Gasteiger partial charge in [-0.05, 0) is 29.3 Å². The Morgan fingerprint density at radius 1 is 1.00 bits per heavy atom. The lowest BCUT2D eigenvalue weighted by molar-refractivity contribution is -0.119. The van der Waals surface area contributed by atoms with Crippen LogP contribution in [0, 0.1) is 0 Å². The van der Waals surface area contributed by atoms with E-state index in [2.05, 4.69) is 46.7 Å². The van der Waals surface area contributed by atoms with Crippen molar-refractivity contribution in [2.75, 3.05) is 6.54 Å². The fourth-order valence-electron chi connectivity index (χ4n) is 3.02. The minimum Gasteiger partial charge on any atom is -0.355 e. The average molecular weight is 276 g/mol. The summed E-state index contributed by atoms with van der Waals surface area (Å²) in [7, 11) is 0. The van der Waals surface area contributed by atoms with E-state index >= 15 is 0 Å². The number of benzene rings is 2. The van der Waals surface area contributed by atoms with Gasteiger partial charge in [-0.25, -0.2) is 0 Å². The lowest BCUT2D eigenvalue weighted by Crippen LogP contribution is -2.13. The van der Waals surface area contributed by atoms with Crippen LogP contribution in [0.25, 0.3) is 22.2 Å². The summed E-state index contributed by atoms with van der Waals surface area (Å²) < 4.78 is 0. The number of amides is 1. The van der Waals surface area contributed by atoms with E-state index in [1.54, 1.807) is 0 Å². The van der Waals surface area contributed by atoms with Crippen LogP contribution in [0.4, 0.5) is 0 Å². The van der Waals surface area contributed by atoms with E-state index < -0.39 is 0 Å². The van der Waals surface area contributed by atoms with Crippen LogP contribution in [-0.2, 0) is 4.79 Å². The van der Waals surface area contributed by atoms with Gasteiger partial charge in [0, 0.05) is 35.5 Å². The summed E-state index contributed by atoms with van der Waals surface area (Å²) in [5.41, 5.74) is 4.69. The number of fused-ring (bicyclic) bond motifs is 1. The molecule has 0 radical (unpaired) electrons. The number of carbonyl (C=O) groups is 1. The van der Waals surface area contributed by atoms with Gasteiger partial charge < -0.3 is 10.3 Å². The summed E-state index contributed by atoms with van der Waals surface area (Å²) in [5.74, 6) is 0.455. The van der Waals surface area contributed by atoms with E-state index in [0.717, 1.165) is 17.8 Å². The molecule has 1 aromatic heterocycles. The second-order valence-corrected chi connectivity index (χ2v) is 5.60. The van der Waals surface area contributed by atoms with E-state index in [9.17, 15) is 4.79 Å². The summed E-state index contributed by atoms with van der Waals surface area (Å²) in [6.45, 7) is 0.750. The summed E-state index contributed by atoms with van der Waals surface area (Å²) in [6, 6.07) is 18.9. The van der Waals surface area contributed by atoms with Gasteiger partial charge in [0.25, 0.3) is 0 Å². The molecule has 1 amide bonds. The molecule has 2 heterocycles. The quantitative estimate of drug-likeness (QED) is 0.740. The lowest BCUT2D eigenvalue weighted by atomic mass is 9.97. The molecule has 0 aliphatic carbocycles. The van der Waals surface area contributed by atoms with Crippen molar-refractivity contribution >= 4 is 16.8 Å². The first-order valence-corrected chi connectivity index (χ1v) is 7.24. The molecule has 1 atom stereocenters. The highest BCUT2D eigenvalue weighted by atomic mass is 16.1. The number of aromatic amines is 1. The molecule has 1 aliphatic rings. The molecule has 3 nitrogen and oxygen atoms in total. The molecule has 4 rings (SSSR count). The van der Waals surface area contributed by atoms with Crippen molar-refractivity contribution in [1.29, 1.82) is 0 Å². The molecule has 1 saturated heterocycles. The maximum absolute atomic E-state index is 11.4. The zero-order valence-electron chi connectivity index (χ0n) is 11.6. The average Bonchev–Trinajstić information content (AvgIpc) is 3.13. The summed E-state index contributed by atoms with van der Waals surface area (Å²) in [6.07, 6.45) is 0.599. The fourth-order valence-corrected chi connectivity index (χ4v) is 3.02. The molecule has 0 bridgehead atoms. The molecule has 104 valence electrons. The highest BCUT2D eigenvalue weighted by Gasteiger charge is 2.23. The van der Waals surface area contributed by atoms with Crippen molar-refractivity contribution < 1.29 is 4.79 Å². The Morgan fingerprint density at radius 2 is 1.86 bits per heavy atom. The molecule has 3 aromatic rings. The molecule has 0 saturated carbocycles. The third-order valence-corrected chi connectivity index (χ3v) is 4.18. The molecule has 0 spiro atoms. The minimum atomic E-state index is 0.152. The maximum Gasteiger partial charge on any atom is 0.220 e. The normalized spacial score (nSPS) is 18.1. The first kappa shape index (κ1) is 12.2. The predicted molar refractivity (Wildman–Crippen MR) is 84.1 cm³/mol. The number of H-pyrrole nitrogens is 1. The zero-order valence-corrected chi connectivity index (χ0v) is 11.6. The van der Waals surface area contributed by atoms with Gasteiger partial charge in [0.15, 0.2) is 0 Å². The third-order valence-electron chi connectivity index (χ3n) is 4.18. The van der Waals surface area contributed by atoms with Gasteiger partial charge in [-0.15, -0.1) is 0 Å². The number of carbonyl (C=O) groups excluding carboxylic acids is 1. The van der Waals surface area contributed by atoms with Crippen molar-refractivity contribution in [3.8, 4) is 11.3 Å². The Labute approximate surface area is 123 Å². The van der Waals surface area contributed by atoms with Crippen LogP contribution < -0.4 is 5.32 Å². The van der Waals surface area contributed by atoms with Crippen LogP contribution in [0.3, 0.4) is 0 Å². The summed E-state index contributed by atoms with van der Waals surface area (Å²) in [4.78, 5) is 14.8. The maximum atomic E-state index is 11.4. The van der Waals surface area contributed by atoms with Gasteiger partial charge in [0.2, 0.25) is 5.91 Å². The van der Waals surface area contributed by atoms with E-state index in [1.807, 2.05) is 18.2 Å². The fraction of sp³-hybridized carbons (Fsp3) is 0.167.